The van der Waals surface area contributed by atoms with E-state index in [1.807, 2.05) is 36.4 Å². The average molecular weight is 495 g/mol. The zero-order valence-electron chi connectivity index (χ0n) is 19.6. The summed E-state index contributed by atoms with van der Waals surface area (Å²) in [6, 6.07) is 15.9. The number of benzene rings is 2. The zero-order valence-corrected chi connectivity index (χ0v) is 20.4. The number of rotatable bonds is 7. The summed E-state index contributed by atoms with van der Waals surface area (Å²) in [5.74, 6) is -1.38. The van der Waals surface area contributed by atoms with E-state index in [1.54, 1.807) is 11.8 Å². The van der Waals surface area contributed by atoms with Gasteiger partial charge in [0.25, 0.3) is 11.8 Å². The highest BCUT2D eigenvalue weighted by Crippen LogP contribution is 2.37. The van der Waals surface area contributed by atoms with Crippen LogP contribution in [0.25, 0.3) is 0 Å². The number of thioether (sulfide) groups is 1. The third-order valence-electron chi connectivity index (χ3n) is 6.81. The van der Waals surface area contributed by atoms with Crippen molar-refractivity contribution in [2.75, 3.05) is 23.3 Å². The minimum atomic E-state index is -1.81. The second-order valence-corrected chi connectivity index (χ2v) is 10.5. The number of aliphatic hydroxyl groups excluding tert-OH is 2. The van der Waals surface area contributed by atoms with Crippen LogP contribution in [0.3, 0.4) is 0 Å². The van der Waals surface area contributed by atoms with Crippen molar-refractivity contribution in [3.8, 4) is 0 Å². The fraction of sp³-hybridized carbons (Fsp3) is 0.385. The summed E-state index contributed by atoms with van der Waals surface area (Å²) in [6.45, 7) is 4.01. The third-order valence-corrected chi connectivity index (χ3v) is 8.00. The Morgan fingerprint density at radius 3 is 2.51 bits per heavy atom. The second-order valence-electron chi connectivity index (χ2n) is 9.30. The highest BCUT2D eigenvalue weighted by Gasteiger charge is 2.36. The van der Waals surface area contributed by atoms with E-state index in [1.165, 1.54) is 16.2 Å². The van der Waals surface area contributed by atoms with Crippen LogP contribution in [0.5, 0.6) is 0 Å². The number of carbonyl (C=O) groups is 2. The summed E-state index contributed by atoms with van der Waals surface area (Å²) >= 11 is 1.66. The second kappa shape index (κ2) is 9.93. The van der Waals surface area contributed by atoms with Crippen molar-refractivity contribution in [1.82, 2.24) is 10.2 Å². The number of fused-ring (bicyclic) bond motifs is 2. The molecule has 2 amide bonds. The van der Waals surface area contributed by atoms with E-state index in [4.69, 9.17) is 0 Å². The lowest BCUT2D eigenvalue weighted by Crippen LogP contribution is -2.50. The molecule has 0 saturated carbocycles. The van der Waals surface area contributed by atoms with E-state index in [2.05, 4.69) is 40.0 Å². The van der Waals surface area contributed by atoms with Crippen molar-refractivity contribution in [3.05, 3.63) is 70.6 Å². The number of hydrogen-bond acceptors (Lipinski definition) is 7. The van der Waals surface area contributed by atoms with Crippen LogP contribution in [0.1, 0.15) is 24.5 Å². The van der Waals surface area contributed by atoms with Crippen LogP contribution < -0.4 is 15.5 Å². The fourth-order valence-corrected chi connectivity index (χ4v) is 5.92. The van der Waals surface area contributed by atoms with Crippen molar-refractivity contribution in [1.29, 1.82) is 0 Å². The summed E-state index contributed by atoms with van der Waals surface area (Å²) in [6.07, 6.45) is -2.58. The maximum Gasteiger partial charge on any atom is 0.255 e. The van der Waals surface area contributed by atoms with Gasteiger partial charge in [0.05, 0.1) is 17.5 Å². The molecule has 0 saturated heterocycles. The molecular formula is C26H30N4O4S. The number of para-hydroxylation sites is 2. The quantitative estimate of drug-likeness (QED) is 0.467. The lowest BCUT2D eigenvalue weighted by molar-refractivity contribution is -0.153. The maximum absolute atomic E-state index is 12.7. The first-order valence-corrected chi connectivity index (χ1v) is 12.8. The molecule has 8 nitrogen and oxygen atoms in total. The van der Waals surface area contributed by atoms with Gasteiger partial charge in [-0.25, -0.2) is 0 Å². The number of anilines is 2. The van der Waals surface area contributed by atoms with Gasteiger partial charge in [0.15, 0.2) is 12.2 Å². The molecule has 9 heteroatoms. The molecule has 2 aromatic rings. The molecule has 4 N–H and O–H groups in total. The Kier molecular flexibility index (Phi) is 6.73. The summed E-state index contributed by atoms with van der Waals surface area (Å²) < 4.78 is 0. The molecule has 2 unspecified atom stereocenters. The predicted octanol–water partition coefficient (Wildman–Crippen LogP) is 2.03. The maximum atomic E-state index is 12.7. The van der Waals surface area contributed by atoms with Gasteiger partial charge in [-0.2, -0.15) is 0 Å². The molecule has 5 rings (SSSR count). The highest BCUT2D eigenvalue weighted by atomic mass is 32.2. The van der Waals surface area contributed by atoms with Crippen LogP contribution in [-0.2, 0) is 22.7 Å². The first-order chi connectivity index (χ1) is 16.9. The number of aliphatic hydroxyl groups is 2. The van der Waals surface area contributed by atoms with Gasteiger partial charge in [0.2, 0.25) is 0 Å². The van der Waals surface area contributed by atoms with Crippen LogP contribution in [0, 0.1) is 0 Å². The summed E-state index contributed by atoms with van der Waals surface area (Å²) in [5.41, 5.74) is 5.62. The van der Waals surface area contributed by atoms with Gasteiger partial charge in [-0.15, -0.1) is 11.8 Å². The molecule has 4 atom stereocenters. The minimum absolute atomic E-state index is 0.142. The van der Waals surface area contributed by atoms with E-state index >= 15 is 0 Å². The molecule has 0 radical (unpaired) electrons. The topological polar surface area (TPSA) is 105 Å². The van der Waals surface area contributed by atoms with E-state index in [-0.39, 0.29) is 11.4 Å². The van der Waals surface area contributed by atoms with Crippen LogP contribution in [0.15, 0.2) is 59.5 Å². The first-order valence-electron chi connectivity index (χ1n) is 11.9. The number of amides is 2. The minimum Gasteiger partial charge on any atom is -0.380 e. The predicted molar refractivity (Wildman–Crippen MR) is 137 cm³/mol. The first kappa shape index (κ1) is 23.7. The van der Waals surface area contributed by atoms with Gasteiger partial charge in [-0.1, -0.05) is 36.4 Å². The highest BCUT2D eigenvalue weighted by molar-refractivity contribution is 8.03. The van der Waals surface area contributed by atoms with Crippen LogP contribution in [0.2, 0.25) is 0 Å². The molecule has 3 heterocycles. The van der Waals surface area contributed by atoms with E-state index in [9.17, 15) is 19.8 Å². The molecule has 184 valence electrons. The number of nitrogens with one attached hydrogen (secondary N) is 2. The van der Waals surface area contributed by atoms with E-state index < -0.39 is 24.0 Å². The monoisotopic (exact) mass is 494 g/mol. The Bertz CT molecular complexity index is 1130. The van der Waals surface area contributed by atoms with Gasteiger partial charge < -0.3 is 30.6 Å². The van der Waals surface area contributed by atoms with Gasteiger partial charge in [0, 0.05) is 31.4 Å². The Morgan fingerprint density at radius 2 is 1.77 bits per heavy atom. The molecule has 0 aliphatic carbocycles. The van der Waals surface area contributed by atoms with E-state index in [0.717, 1.165) is 29.8 Å². The normalized spacial score (nSPS) is 22.2. The molecule has 3 aliphatic rings. The van der Waals surface area contributed by atoms with Crippen molar-refractivity contribution in [2.45, 2.75) is 50.1 Å². The molecule has 0 aromatic heterocycles. The van der Waals surface area contributed by atoms with Crippen molar-refractivity contribution >= 4 is 35.0 Å². The third kappa shape index (κ3) is 4.89. The van der Waals surface area contributed by atoms with Crippen molar-refractivity contribution < 1.29 is 19.8 Å². The largest absolute Gasteiger partial charge is 0.380 e. The number of nitrogens with zero attached hydrogens (tertiary/aromatic N) is 2. The summed E-state index contributed by atoms with van der Waals surface area (Å²) in [4.78, 5) is 28.9. The summed E-state index contributed by atoms with van der Waals surface area (Å²) in [5, 5.41) is 29.2. The SMILES string of the molecule is CC1Nc2ccccc2N1CC1=CSC(CNC(=O)[C@H](O)[C@@H](O)C(=O)N2Cc3ccccc3C2)C1. The average Bonchev–Trinajstić information content (AvgIpc) is 3.58. The Balaban J connectivity index is 1.08. The van der Waals surface area contributed by atoms with Gasteiger partial charge in [-0.05, 0) is 47.6 Å². The molecule has 35 heavy (non-hydrogen) atoms. The zero-order chi connectivity index (χ0) is 24.5. The van der Waals surface area contributed by atoms with E-state index in [0.29, 0.717) is 19.6 Å². The Hall–Kier alpha value is -3.01. The van der Waals surface area contributed by atoms with Gasteiger partial charge in [0.1, 0.15) is 0 Å². The van der Waals surface area contributed by atoms with Crippen LogP contribution in [-0.4, -0.2) is 63.6 Å². The van der Waals surface area contributed by atoms with Gasteiger partial charge >= 0.3 is 0 Å². The van der Waals surface area contributed by atoms with Crippen molar-refractivity contribution in [2.24, 2.45) is 0 Å². The molecule has 0 fully saturated rings. The molecule has 0 spiro atoms. The Morgan fingerprint density at radius 1 is 1.09 bits per heavy atom. The standard InChI is InChI=1S/C26H30N4O4S/c1-16-28-21-8-4-5-9-22(21)30(16)12-17-10-20(35-15-17)11-27-25(33)23(31)24(32)26(34)29-13-18-6-2-3-7-19(18)14-29/h2-9,15-16,20,23-24,28,31-32H,10-14H2,1H3,(H,27,33)/t16?,20?,23-,24-/m1/s1. The Labute approximate surface area is 209 Å². The smallest absolute Gasteiger partial charge is 0.255 e. The lowest BCUT2D eigenvalue weighted by atomic mass is 10.1. The molecule has 3 aliphatic heterocycles. The van der Waals surface area contributed by atoms with Crippen LogP contribution in [0.4, 0.5) is 11.4 Å². The summed E-state index contributed by atoms with van der Waals surface area (Å²) in [7, 11) is 0. The fourth-order valence-electron chi connectivity index (χ4n) is 4.88. The molecule has 2 aromatic carbocycles. The molecular weight excluding hydrogens is 464 g/mol. The number of hydrogen-bond donors (Lipinski definition) is 4. The number of carbonyl (C=O) groups excluding carboxylic acids is 2. The van der Waals surface area contributed by atoms with Gasteiger partial charge in [-0.3, -0.25) is 9.59 Å². The van der Waals surface area contributed by atoms with Crippen molar-refractivity contribution in [3.63, 3.8) is 0 Å². The lowest BCUT2D eigenvalue weighted by Gasteiger charge is -2.25. The van der Waals surface area contributed by atoms with Crippen LogP contribution >= 0.6 is 11.8 Å². The molecule has 0 bridgehead atoms.